The van der Waals surface area contributed by atoms with Crippen molar-refractivity contribution in [1.29, 1.82) is 0 Å². The van der Waals surface area contributed by atoms with Crippen molar-refractivity contribution in [2.45, 2.75) is 34.6 Å². The molecule has 9 rings (SSSR count). The normalized spacial score (nSPS) is 10.4. The number of halogens is 1. The fourth-order valence-corrected chi connectivity index (χ4v) is 7.94. The van der Waals surface area contributed by atoms with Gasteiger partial charge in [-0.3, -0.25) is 15.0 Å². The summed E-state index contributed by atoms with van der Waals surface area (Å²) in [5.41, 5.74) is 10.9. The van der Waals surface area contributed by atoms with Gasteiger partial charge in [-0.05, 0) is 149 Å². The molecule has 3 heterocycles. The second kappa shape index (κ2) is 26.9. The summed E-state index contributed by atoms with van der Waals surface area (Å²) >= 11 is 0. The van der Waals surface area contributed by atoms with Crippen LogP contribution in [0.5, 0.6) is 17.2 Å². The van der Waals surface area contributed by atoms with Gasteiger partial charge in [0.2, 0.25) is 0 Å². The number of benzene rings is 6. The van der Waals surface area contributed by atoms with Crippen molar-refractivity contribution in [2.24, 2.45) is 0 Å². The molecule has 0 aliphatic heterocycles. The van der Waals surface area contributed by atoms with Crippen molar-refractivity contribution < 1.29 is 48.3 Å². The van der Waals surface area contributed by atoms with Gasteiger partial charge in [0.25, 0.3) is 0 Å². The molecule has 0 bridgehead atoms. The molecule has 0 spiro atoms. The number of rotatable bonds is 18. The van der Waals surface area contributed by atoms with E-state index in [2.05, 4.69) is 30.9 Å². The summed E-state index contributed by atoms with van der Waals surface area (Å²) in [5, 5.41) is 37.1. The van der Waals surface area contributed by atoms with Gasteiger partial charge in [0, 0.05) is 16.7 Å². The van der Waals surface area contributed by atoms with Crippen LogP contribution in [0.4, 0.5) is 38.5 Å². The lowest BCUT2D eigenvalue weighted by molar-refractivity contribution is 0.0686. The molecule has 0 saturated heterocycles. The Morgan fingerprint density at radius 1 is 0.449 bits per heavy atom. The quantitative estimate of drug-likeness (QED) is 0.0471. The molecule has 396 valence electrons. The zero-order chi connectivity index (χ0) is 55.6. The number of hydrogen-bond acceptors (Lipinski definition) is 12. The van der Waals surface area contributed by atoms with Gasteiger partial charge in [-0.2, -0.15) is 0 Å². The Labute approximate surface area is 451 Å². The molecule has 6 N–H and O–H groups in total. The van der Waals surface area contributed by atoms with E-state index in [1.807, 2.05) is 138 Å². The Hall–Kier alpha value is -10.1. The summed E-state index contributed by atoms with van der Waals surface area (Å²) < 4.78 is 29.8. The number of anilines is 6. The summed E-state index contributed by atoms with van der Waals surface area (Å²) in [4.78, 5) is 47.4. The summed E-state index contributed by atoms with van der Waals surface area (Å²) in [6.07, 6.45) is 4.99. The van der Waals surface area contributed by atoms with Crippen molar-refractivity contribution in [3.8, 4) is 51.0 Å². The molecule has 0 aliphatic carbocycles. The van der Waals surface area contributed by atoms with Crippen molar-refractivity contribution in [2.75, 3.05) is 35.8 Å². The fourth-order valence-electron chi connectivity index (χ4n) is 7.94. The van der Waals surface area contributed by atoms with Crippen LogP contribution in [0.15, 0.2) is 182 Å². The van der Waals surface area contributed by atoms with Gasteiger partial charge in [-0.15, -0.1) is 0 Å². The second-order valence-electron chi connectivity index (χ2n) is 17.2. The van der Waals surface area contributed by atoms with Gasteiger partial charge in [0.15, 0.2) is 0 Å². The largest absolute Gasteiger partial charge is 0.494 e. The molecular formula is C62H57FN6O9. The lowest BCUT2D eigenvalue weighted by Gasteiger charge is -2.12. The first-order valence-electron chi connectivity index (χ1n) is 24.8. The molecule has 0 aliphatic rings. The molecule has 15 nitrogen and oxygen atoms in total. The lowest BCUT2D eigenvalue weighted by atomic mass is 10.1. The van der Waals surface area contributed by atoms with E-state index >= 15 is 0 Å². The van der Waals surface area contributed by atoms with Crippen LogP contribution in [-0.2, 0) is 0 Å². The number of para-hydroxylation sites is 1. The van der Waals surface area contributed by atoms with Crippen molar-refractivity contribution in [1.82, 2.24) is 15.0 Å². The molecule has 0 amide bonds. The van der Waals surface area contributed by atoms with Gasteiger partial charge in [-0.1, -0.05) is 60.2 Å². The monoisotopic (exact) mass is 1050 g/mol. The zero-order valence-electron chi connectivity index (χ0n) is 43.5. The van der Waals surface area contributed by atoms with Crippen molar-refractivity contribution in [3.05, 3.63) is 216 Å². The molecule has 0 radical (unpaired) electrons. The Morgan fingerprint density at radius 3 is 1.38 bits per heavy atom. The van der Waals surface area contributed by atoms with E-state index in [9.17, 15) is 34.1 Å². The van der Waals surface area contributed by atoms with E-state index in [-0.39, 0.29) is 16.7 Å². The highest BCUT2D eigenvalue weighted by molar-refractivity contribution is 5.97. The molecule has 0 atom stereocenters. The molecular weight excluding hydrogens is 992 g/mol. The molecule has 0 fully saturated rings. The Kier molecular flexibility index (Phi) is 19.2. The number of carboxylic acids is 3. The molecule has 6 aromatic carbocycles. The van der Waals surface area contributed by atoms with E-state index in [0.717, 1.165) is 79.6 Å². The average Bonchev–Trinajstić information content (AvgIpc) is 3.46. The van der Waals surface area contributed by atoms with Gasteiger partial charge in [0.05, 0.1) is 106 Å². The number of aromatic nitrogens is 3. The summed E-state index contributed by atoms with van der Waals surface area (Å²) in [6, 6.07) is 48.1. The standard InChI is InChI=1S/2C21H20N2O3.C20H17FN2O3/c1-3-26-17-8-6-7-15(12-17)20-14(2)11-16(13-22-20)23-19-10-5-4-9-18(19)21(24)25;1-3-26-17-6-4-5-15(12-17)19-10-8-16(13-22-19)23-20-9-7-14(2)11-18(20)21(24)25;1-2-26-16-5-3-4-13(10-16)18-9-7-15(12-22-18)23-19-8-6-14(21)11-17(19)20(24)25/h2*4-13,23H,3H2,1-2H3,(H,24,25);3-12,23H,2H2,1H3,(H,24,25). The first kappa shape index (κ1) is 55.7. The van der Waals surface area contributed by atoms with E-state index in [1.165, 1.54) is 12.1 Å². The second-order valence-corrected chi connectivity index (χ2v) is 17.2. The predicted octanol–water partition coefficient (Wildman–Crippen LogP) is 14.5. The summed E-state index contributed by atoms with van der Waals surface area (Å²) in [7, 11) is 0. The third-order valence-electron chi connectivity index (χ3n) is 11.5. The minimum absolute atomic E-state index is 0.140. The number of carboxylic acid groups (broad SMARTS) is 3. The minimum Gasteiger partial charge on any atom is -0.494 e. The minimum atomic E-state index is -1.20. The van der Waals surface area contributed by atoms with E-state index < -0.39 is 23.7 Å². The van der Waals surface area contributed by atoms with Gasteiger partial charge in [-0.25, -0.2) is 18.8 Å². The summed E-state index contributed by atoms with van der Waals surface area (Å²) in [5.74, 6) is -1.36. The van der Waals surface area contributed by atoms with E-state index in [1.54, 1.807) is 61.1 Å². The highest BCUT2D eigenvalue weighted by Gasteiger charge is 2.15. The molecule has 16 heteroatoms. The Balaban J connectivity index is 0.000000170. The van der Waals surface area contributed by atoms with Crippen molar-refractivity contribution in [3.63, 3.8) is 0 Å². The number of nitrogens with one attached hydrogen (secondary N) is 3. The number of aromatic carboxylic acids is 3. The number of ether oxygens (including phenoxy) is 3. The van der Waals surface area contributed by atoms with Crippen LogP contribution >= 0.6 is 0 Å². The maximum atomic E-state index is 13.3. The first-order valence-corrected chi connectivity index (χ1v) is 24.8. The average molecular weight is 1050 g/mol. The highest BCUT2D eigenvalue weighted by atomic mass is 19.1. The Bertz CT molecular complexity index is 3370. The van der Waals surface area contributed by atoms with Gasteiger partial charge >= 0.3 is 17.9 Å². The van der Waals surface area contributed by atoms with Crippen LogP contribution in [0, 0.1) is 19.7 Å². The number of pyridine rings is 3. The first-order chi connectivity index (χ1) is 37.7. The number of carbonyl (C=O) groups is 3. The molecule has 3 aromatic heterocycles. The third kappa shape index (κ3) is 15.3. The van der Waals surface area contributed by atoms with E-state index in [0.29, 0.717) is 42.6 Å². The van der Waals surface area contributed by atoms with Crippen LogP contribution in [0.1, 0.15) is 63.0 Å². The number of nitrogens with zero attached hydrogens (tertiary/aromatic N) is 3. The van der Waals surface area contributed by atoms with Gasteiger partial charge in [0.1, 0.15) is 23.1 Å². The number of hydrogen-bond donors (Lipinski definition) is 6. The third-order valence-corrected chi connectivity index (χ3v) is 11.5. The SMILES string of the molecule is CCOc1cccc(-c2ccc(Nc3ccc(C)cc3C(=O)O)cn2)c1.CCOc1cccc(-c2ccc(Nc3ccc(F)cc3C(=O)O)cn2)c1.CCOc1cccc(-c2ncc(Nc3ccccc3C(=O)O)cc2C)c1. The molecule has 9 aromatic rings. The predicted molar refractivity (Wildman–Crippen MR) is 302 cm³/mol. The topological polar surface area (TPSA) is 214 Å². The van der Waals surface area contributed by atoms with Crippen LogP contribution in [0.3, 0.4) is 0 Å². The maximum absolute atomic E-state index is 13.3. The fraction of sp³-hybridized carbons (Fsp3) is 0.129. The smallest absolute Gasteiger partial charge is 0.337 e. The summed E-state index contributed by atoms with van der Waals surface area (Å²) in [6.45, 7) is 11.5. The lowest BCUT2D eigenvalue weighted by Crippen LogP contribution is -2.03. The van der Waals surface area contributed by atoms with Crippen LogP contribution in [0.2, 0.25) is 0 Å². The van der Waals surface area contributed by atoms with Crippen LogP contribution < -0.4 is 30.2 Å². The van der Waals surface area contributed by atoms with Crippen LogP contribution in [0.25, 0.3) is 33.8 Å². The number of aryl methyl sites for hydroxylation is 2. The highest BCUT2D eigenvalue weighted by Crippen LogP contribution is 2.31. The van der Waals surface area contributed by atoms with E-state index in [4.69, 9.17) is 14.2 Å². The molecule has 78 heavy (non-hydrogen) atoms. The Morgan fingerprint density at radius 2 is 0.897 bits per heavy atom. The molecule has 0 unspecified atom stereocenters. The zero-order valence-corrected chi connectivity index (χ0v) is 43.5. The van der Waals surface area contributed by atoms with Crippen molar-refractivity contribution >= 4 is 52.0 Å². The maximum Gasteiger partial charge on any atom is 0.337 e. The molecule has 0 saturated carbocycles. The van der Waals surface area contributed by atoms with Gasteiger partial charge < -0.3 is 45.5 Å². The van der Waals surface area contributed by atoms with Crippen LogP contribution in [-0.4, -0.2) is 68.0 Å².